The van der Waals surface area contributed by atoms with Gasteiger partial charge in [-0.2, -0.15) is 13.2 Å². The van der Waals surface area contributed by atoms with E-state index >= 15 is 0 Å². The Morgan fingerprint density at radius 2 is 1.84 bits per heavy atom. The molecule has 1 aromatic carbocycles. The van der Waals surface area contributed by atoms with Gasteiger partial charge in [-0.25, -0.2) is 0 Å². The Hall–Kier alpha value is -1.56. The van der Waals surface area contributed by atoms with Gasteiger partial charge >= 0.3 is 6.18 Å². The summed E-state index contributed by atoms with van der Waals surface area (Å²) in [5.74, 6) is -0.566. The lowest BCUT2D eigenvalue weighted by molar-refractivity contribution is -0.141. The molecule has 19 heavy (non-hydrogen) atoms. The molecule has 1 aliphatic carbocycles. The predicted molar refractivity (Wildman–Crippen MR) is 64.4 cm³/mol. The van der Waals surface area contributed by atoms with Gasteiger partial charge in [0.25, 0.3) is 5.91 Å². The van der Waals surface area contributed by atoms with E-state index in [1.807, 2.05) is 0 Å². The summed E-state index contributed by atoms with van der Waals surface area (Å²) >= 11 is 0. The summed E-state index contributed by atoms with van der Waals surface area (Å²) in [4.78, 5) is 13.0. The third-order valence-electron chi connectivity index (χ3n) is 3.03. The summed E-state index contributed by atoms with van der Waals surface area (Å²) < 4.78 is 37.4. The normalized spacial score (nSPS) is 15.4. The van der Waals surface area contributed by atoms with Crippen LogP contribution in [-0.2, 0) is 6.54 Å². The van der Waals surface area contributed by atoms with E-state index in [-0.39, 0.29) is 11.6 Å². The summed E-state index contributed by atoms with van der Waals surface area (Å²) in [6.07, 6.45) is -3.08. The van der Waals surface area contributed by atoms with Gasteiger partial charge in [-0.1, -0.05) is 12.1 Å². The molecular weight excluding hydrogens is 257 g/mol. The number of nitrogens with zero attached hydrogens (tertiary/aromatic N) is 1. The maximum Gasteiger partial charge on any atom is 0.406 e. The predicted octanol–water partition coefficient (Wildman–Crippen LogP) is 2.31. The molecule has 2 N–H and O–H groups in total. The summed E-state index contributed by atoms with van der Waals surface area (Å²) in [7, 11) is 0. The van der Waals surface area contributed by atoms with E-state index < -0.39 is 18.6 Å². The Morgan fingerprint density at radius 3 is 2.26 bits per heavy atom. The molecule has 0 aromatic heterocycles. The molecule has 6 heteroatoms. The van der Waals surface area contributed by atoms with Crippen LogP contribution in [0.25, 0.3) is 0 Å². The lowest BCUT2D eigenvalue weighted by atomic mass is 10.1. The summed E-state index contributed by atoms with van der Waals surface area (Å²) in [6, 6.07) is 6.09. The minimum absolute atomic E-state index is 0.272. The number of halogens is 3. The highest BCUT2D eigenvalue weighted by Gasteiger charge is 2.40. The van der Waals surface area contributed by atoms with Crippen molar-refractivity contribution in [2.24, 2.45) is 5.73 Å². The zero-order valence-corrected chi connectivity index (χ0v) is 10.3. The average Bonchev–Trinajstić information content (AvgIpc) is 3.18. The van der Waals surface area contributed by atoms with Gasteiger partial charge in [0.05, 0.1) is 0 Å². The Labute approximate surface area is 109 Å². The second-order valence-corrected chi connectivity index (χ2v) is 4.68. The van der Waals surface area contributed by atoms with Gasteiger partial charge in [0.2, 0.25) is 0 Å². The molecule has 0 heterocycles. The zero-order chi connectivity index (χ0) is 14.0. The Bertz CT molecular complexity index is 452. The minimum Gasteiger partial charge on any atom is -0.327 e. The molecule has 1 saturated carbocycles. The highest BCUT2D eigenvalue weighted by molar-refractivity contribution is 5.94. The molecule has 0 unspecified atom stereocenters. The first kappa shape index (κ1) is 13.9. The highest BCUT2D eigenvalue weighted by Crippen LogP contribution is 2.31. The molecule has 1 aliphatic rings. The molecule has 0 aliphatic heterocycles. The number of alkyl halides is 3. The summed E-state index contributed by atoms with van der Waals surface area (Å²) in [5.41, 5.74) is 6.54. The van der Waals surface area contributed by atoms with E-state index in [1.54, 1.807) is 12.1 Å². The maximum atomic E-state index is 12.5. The number of rotatable bonds is 4. The third-order valence-corrected chi connectivity index (χ3v) is 3.03. The van der Waals surface area contributed by atoms with Gasteiger partial charge in [0.15, 0.2) is 0 Å². The standard InChI is InChI=1S/C13H15F3N2O/c14-13(15,16)8-18(11-5-6-11)12(19)10-3-1-9(7-17)2-4-10/h1-4,11H,5-8,17H2. The lowest BCUT2D eigenvalue weighted by Crippen LogP contribution is -2.40. The number of benzene rings is 1. The van der Waals surface area contributed by atoms with E-state index in [0.717, 1.165) is 10.5 Å². The molecule has 0 atom stereocenters. The van der Waals surface area contributed by atoms with Crippen LogP contribution >= 0.6 is 0 Å². The molecule has 1 aromatic rings. The van der Waals surface area contributed by atoms with Crippen LogP contribution in [0.3, 0.4) is 0 Å². The molecular formula is C13H15F3N2O. The number of carbonyl (C=O) groups excluding carboxylic acids is 1. The fourth-order valence-corrected chi connectivity index (χ4v) is 1.90. The second kappa shape index (κ2) is 5.21. The fraction of sp³-hybridized carbons (Fsp3) is 0.462. The Balaban J connectivity index is 2.14. The third kappa shape index (κ3) is 3.70. The van der Waals surface area contributed by atoms with Crippen LogP contribution in [0.5, 0.6) is 0 Å². The van der Waals surface area contributed by atoms with Crippen molar-refractivity contribution >= 4 is 5.91 Å². The molecule has 0 bridgehead atoms. The number of hydrogen-bond acceptors (Lipinski definition) is 2. The van der Waals surface area contributed by atoms with Gasteiger partial charge in [0, 0.05) is 18.2 Å². The van der Waals surface area contributed by atoms with Crippen LogP contribution < -0.4 is 5.73 Å². The van der Waals surface area contributed by atoms with Crippen molar-refractivity contribution in [1.29, 1.82) is 0 Å². The zero-order valence-electron chi connectivity index (χ0n) is 10.3. The summed E-state index contributed by atoms with van der Waals surface area (Å²) in [6.45, 7) is -0.849. The first-order valence-electron chi connectivity index (χ1n) is 6.07. The first-order chi connectivity index (χ1) is 8.90. The monoisotopic (exact) mass is 272 g/mol. The molecule has 2 rings (SSSR count). The van der Waals surface area contributed by atoms with Gasteiger partial charge in [-0.3, -0.25) is 4.79 Å². The number of nitrogens with two attached hydrogens (primary N) is 1. The number of hydrogen-bond donors (Lipinski definition) is 1. The topological polar surface area (TPSA) is 46.3 Å². The Morgan fingerprint density at radius 1 is 1.26 bits per heavy atom. The van der Waals surface area contributed by atoms with Crippen LogP contribution in [-0.4, -0.2) is 29.6 Å². The average molecular weight is 272 g/mol. The van der Waals surface area contributed by atoms with Gasteiger partial charge < -0.3 is 10.6 Å². The van der Waals surface area contributed by atoms with Crippen LogP contribution in [0, 0.1) is 0 Å². The van der Waals surface area contributed by atoms with Crippen LogP contribution in [0.4, 0.5) is 13.2 Å². The van der Waals surface area contributed by atoms with Gasteiger partial charge in [-0.05, 0) is 30.5 Å². The second-order valence-electron chi connectivity index (χ2n) is 4.68. The van der Waals surface area contributed by atoms with Gasteiger partial charge in [-0.15, -0.1) is 0 Å². The SMILES string of the molecule is NCc1ccc(C(=O)N(CC(F)(F)F)C2CC2)cc1. The molecule has 0 saturated heterocycles. The van der Waals surface area contributed by atoms with Crippen molar-refractivity contribution in [3.05, 3.63) is 35.4 Å². The lowest BCUT2D eigenvalue weighted by Gasteiger charge is -2.23. The molecule has 0 radical (unpaired) electrons. The molecule has 1 amide bonds. The van der Waals surface area contributed by atoms with Crippen molar-refractivity contribution in [3.63, 3.8) is 0 Å². The quantitative estimate of drug-likeness (QED) is 0.914. The number of carbonyl (C=O) groups is 1. The van der Waals surface area contributed by atoms with E-state index in [4.69, 9.17) is 5.73 Å². The number of amides is 1. The van der Waals surface area contributed by atoms with Crippen LogP contribution in [0.15, 0.2) is 24.3 Å². The molecule has 0 spiro atoms. The van der Waals surface area contributed by atoms with Crippen molar-refractivity contribution in [1.82, 2.24) is 4.90 Å². The van der Waals surface area contributed by atoms with Crippen LogP contribution in [0.2, 0.25) is 0 Å². The molecule has 1 fully saturated rings. The van der Waals surface area contributed by atoms with E-state index in [2.05, 4.69) is 0 Å². The summed E-state index contributed by atoms with van der Waals surface area (Å²) in [5, 5.41) is 0. The first-order valence-corrected chi connectivity index (χ1v) is 6.07. The molecule has 3 nitrogen and oxygen atoms in total. The van der Waals surface area contributed by atoms with Crippen molar-refractivity contribution in [2.75, 3.05) is 6.54 Å². The van der Waals surface area contributed by atoms with Gasteiger partial charge in [0.1, 0.15) is 6.54 Å². The van der Waals surface area contributed by atoms with Crippen molar-refractivity contribution in [3.8, 4) is 0 Å². The highest BCUT2D eigenvalue weighted by atomic mass is 19.4. The van der Waals surface area contributed by atoms with Crippen LogP contribution in [0.1, 0.15) is 28.8 Å². The largest absolute Gasteiger partial charge is 0.406 e. The maximum absolute atomic E-state index is 12.5. The van der Waals surface area contributed by atoms with Crippen molar-refractivity contribution < 1.29 is 18.0 Å². The Kier molecular flexibility index (Phi) is 3.80. The van der Waals surface area contributed by atoms with E-state index in [1.165, 1.54) is 12.1 Å². The smallest absolute Gasteiger partial charge is 0.327 e. The van der Waals surface area contributed by atoms with E-state index in [0.29, 0.717) is 19.4 Å². The fourth-order valence-electron chi connectivity index (χ4n) is 1.90. The van der Waals surface area contributed by atoms with Crippen molar-refractivity contribution in [2.45, 2.75) is 31.6 Å². The minimum atomic E-state index is -4.37. The molecule has 104 valence electrons. The van der Waals surface area contributed by atoms with E-state index in [9.17, 15) is 18.0 Å².